The van der Waals surface area contributed by atoms with E-state index in [0.717, 1.165) is 4.88 Å². The van der Waals surface area contributed by atoms with Gasteiger partial charge in [0.25, 0.3) is 5.91 Å². The van der Waals surface area contributed by atoms with Crippen LogP contribution in [-0.2, 0) is 0 Å². The summed E-state index contributed by atoms with van der Waals surface area (Å²) in [5.41, 5.74) is 1.86. The summed E-state index contributed by atoms with van der Waals surface area (Å²) in [5, 5.41) is 16.9. The number of hydrogen-bond donors (Lipinski definition) is 2. The number of nitro benzene ring substituents is 1. The first-order valence-corrected chi connectivity index (χ1v) is 9.20. The van der Waals surface area contributed by atoms with Crippen LogP contribution in [0.4, 0.5) is 5.69 Å². The first-order valence-electron chi connectivity index (χ1n) is 8.32. The normalized spacial score (nSPS) is 10.7. The molecule has 0 atom stereocenters. The Bertz CT molecular complexity index is 1170. The van der Waals surface area contributed by atoms with Gasteiger partial charge in [0, 0.05) is 11.6 Å². The number of nitro groups is 1. The van der Waals surface area contributed by atoms with Gasteiger partial charge in [-0.25, -0.2) is 10.2 Å². The van der Waals surface area contributed by atoms with Gasteiger partial charge in [-0.1, -0.05) is 6.07 Å². The Balaban J connectivity index is 1.82. The van der Waals surface area contributed by atoms with Crippen molar-refractivity contribution in [2.75, 3.05) is 14.2 Å². The van der Waals surface area contributed by atoms with Crippen LogP contribution in [0.15, 0.2) is 45.6 Å². The third-order valence-electron chi connectivity index (χ3n) is 3.82. The number of ether oxygens (including phenoxy) is 2. The second-order valence-electron chi connectivity index (χ2n) is 5.69. The maximum absolute atomic E-state index is 12.3. The molecule has 2 aromatic heterocycles. The number of nitrogens with one attached hydrogen (secondary N) is 2. The van der Waals surface area contributed by atoms with Crippen LogP contribution in [0.2, 0.25) is 0 Å². The van der Waals surface area contributed by atoms with Crippen molar-refractivity contribution in [2.45, 2.75) is 0 Å². The van der Waals surface area contributed by atoms with Crippen LogP contribution in [0.25, 0.3) is 10.6 Å². The van der Waals surface area contributed by atoms with E-state index in [2.05, 4.69) is 20.5 Å². The molecule has 0 spiro atoms. The number of carbonyl (C=O) groups is 1. The summed E-state index contributed by atoms with van der Waals surface area (Å²) in [6, 6.07) is 7.71. The highest BCUT2D eigenvalue weighted by atomic mass is 32.1. The van der Waals surface area contributed by atoms with Gasteiger partial charge in [0.05, 0.1) is 35.9 Å². The largest absolute Gasteiger partial charge is 0.493 e. The van der Waals surface area contributed by atoms with E-state index in [4.69, 9.17) is 9.47 Å². The molecule has 0 saturated heterocycles. The van der Waals surface area contributed by atoms with Gasteiger partial charge in [-0.3, -0.25) is 14.9 Å². The summed E-state index contributed by atoms with van der Waals surface area (Å²) in [6.07, 6.45) is 1.19. The predicted octanol–water partition coefficient (Wildman–Crippen LogP) is 2.19. The standard InChI is InChI=1S/C18H15N5O6S/c1-28-14-7-10(6-13(23(26)27)16(14)29-2)9-19-22-17(24)12-8-11(20-18(25)21-12)15-4-3-5-30-15/h3-9H,1-2H3,(H,22,24)(H,20,21,25)/b19-9+. The Morgan fingerprint density at radius 3 is 2.77 bits per heavy atom. The molecule has 3 aromatic rings. The number of benzene rings is 1. The van der Waals surface area contributed by atoms with Crippen LogP contribution in [0, 0.1) is 10.1 Å². The molecule has 0 aliphatic rings. The van der Waals surface area contributed by atoms with E-state index in [0.29, 0.717) is 5.69 Å². The van der Waals surface area contributed by atoms with Crippen molar-refractivity contribution < 1.29 is 19.2 Å². The Morgan fingerprint density at radius 1 is 1.33 bits per heavy atom. The minimum Gasteiger partial charge on any atom is -0.493 e. The van der Waals surface area contributed by atoms with E-state index in [1.54, 1.807) is 6.07 Å². The molecule has 1 aromatic carbocycles. The second kappa shape index (κ2) is 8.96. The van der Waals surface area contributed by atoms with Crippen molar-refractivity contribution >= 4 is 29.1 Å². The highest BCUT2D eigenvalue weighted by Gasteiger charge is 2.21. The van der Waals surface area contributed by atoms with E-state index < -0.39 is 16.5 Å². The van der Waals surface area contributed by atoms with Gasteiger partial charge in [0.2, 0.25) is 5.75 Å². The van der Waals surface area contributed by atoms with Gasteiger partial charge in [-0.2, -0.15) is 10.1 Å². The molecular weight excluding hydrogens is 414 g/mol. The molecule has 2 N–H and O–H groups in total. The number of carbonyl (C=O) groups excluding carboxylic acids is 1. The van der Waals surface area contributed by atoms with Crippen molar-refractivity contribution in [3.05, 3.63) is 67.6 Å². The summed E-state index contributed by atoms with van der Waals surface area (Å²) in [5.74, 6) is -0.612. The highest BCUT2D eigenvalue weighted by Crippen LogP contribution is 2.37. The van der Waals surface area contributed by atoms with Crippen molar-refractivity contribution in [1.82, 2.24) is 15.4 Å². The molecule has 154 valence electrons. The quantitative estimate of drug-likeness (QED) is 0.332. The molecule has 0 unspecified atom stereocenters. The van der Waals surface area contributed by atoms with Crippen LogP contribution in [0.1, 0.15) is 16.1 Å². The number of methoxy groups -OCH3 is 2. The lowest BCUT2D eigenvalue weighted by atomic mass is 10.2. The number of aromatic nitrogens is 2. The van der Waals surface area contributed by atoms with Crippen LogP contribution in [0.5, 0.6) is 11.5 Å². The van der Waals surface area contributed by atoms with Crippen LogP contribution >= 0.6 is 11.3 Å². The van der Waals surface area contributed by atoms with Crippen molar-refractivity contribution in [2.24, 2.45) is 5.10 Å². The number of aromatic amines is 1. The highest BCUT2D eigenvalue weighted by molar-refractivity contribution is 7.13. The molecule has 0 fully saturated rings. The maximum Gasteiger partial charge on any atom is 0.346 e. The summed E-state index contributed by atoms with van der Waals surface area (Å²) in [7, 11) is 2.63. The lowest BCUT2D eigenvalue weighted by Crippen LogP contribution is -2.24. The summed E-state index contributed by atoms with van der Waals surface area (Å²) >= 11 is 1.39. The fourth-order valence-electron chi connectivity index (χ4n) is 2.54. The molecule has 3 rings (SSSR count). The van der Waals surface area contributed by atoms with E-state index in [9.17, 15) is 19.7 Å². The average Bonchev–Trinajstić information content (AvgIpc) is 3.27. The number of hydrazone groups is 1. The predicted molar refractivity (Wildman–Crippen MR) is 109 cm³/mol. The maximum atomic E-state index is 12.3. The Labute approximate surface area is 173 Å². The number of amides is 1. The first kappa shape index (κ1) is 20.7. The van der Waals surface area contributed by atoms with E-state index in [1.165, 1.54) is 50.0 Å². The minimum atomic E-state index is -0.717. The van der Waals surface area contributed by atoms with Gasteiger partial charge in [0.15, 0.2) is 5.75 Å². The number of thiophene rings is 1. The lowest BCUT2D eigenvalue weighted by molar-refractivity contribution is -0.385. The zero-order valence-electron chi connectivity index (χ0n) is 15.7. The molecular formula is C18H15N5O6S. The van der Waals surface area contributed by atoms with Crippen LogP contribution in [0.3, 0.4) is 0 Å². The molecule has 11 nitrogen and oxygen atoms in total. The zero-order valence-corrected chi connectivity index (χ0v) is 16.6. The molecule has 0 saturated carbocycles. The Kier molecular flexibility index (Phi) is 6.17. The molecule has 0 bridgehead atoms. The third-order valence-corrected chi connectivity index (χ3v) is 4.73. The third kappa shape index (κ3) is 4.50. The number of hydrogen-bond acceptors (Lipinski definition) is 9. The van der Waals surface area contributed by atoms with Gasteiger partial charge < -0.3 is 14.5 Å². The zero-order chi connectivity index (χ0) is 21.7. The van der Waals surface area contributed by atoms with Gasteiger partial charge in [-0.05, 0) is 23.6 Å². The first-order chi connectivity index (χ1) is 14.4. The molecule has 2 heterocycles. The second-order valence-corrected chi connectivity index (χ2v) is 6.64. The van der Waals surface area contributed by atoms with E-state index in [-0.39, 0.29) is 28.4 Å². The van der Waals surface area contributed by atoms with Gasteiger partial charge in [0.1, 0.15) is 5.69 Å². The van der Waals surface area contributed by atoms with E-state index in [1.807, 2.05) is 11.4 Å². The lowest BCUT2D eigenvalue weighted by Gasteiger charge is -2.08. The number of nitrogens with zero attached hydrogens (tertiary/aromatic N) is 3. The van der Waals surface area contributed by atoms with Crippen LogP contribution < -0.4 is 20.6 Å². The molecule has 0 radical (unpaired) electrons. The van der Waals surface area contributed by atoms with Crippen LogP contribution in [-0.4, -0.2) is 41.2 Å². The fourth-order valence-corrected chi connectivity index (χ4v) is 3.23. The van der Waals surface area contributed by atoms with Crippen molar-refractivity contribution in [3.63, 3.8) is 0 Å². The molecule has 0 aliphatic carbocycles. The number of H-pyrrole nitrogens is 1. The molecule has 12 heteroatoms. The Morgan fingerprint density at radius 2 is 2.13 bits per heavy atom. The molecule has 30 heavy (non-hydrogen) atoms. The van der Waals surface area contributed by atoms with Crippen molar-refractivity contribution in [3.8, 4) is 22.1 Å². The topological polar surface area (TPSA) is 149 Å². The van der Waals surface area contributed by atoms with Gasteiger partial charge in [-0.15, -0.1) is 11.3 Å². The summed E-state index contributed by atoms with van der Waals surface area (Å²) in [4.78, 5) is 41.7. The molecule has 0 aliphatic heterocycles. The molecule has 1 amide bonds. The van der Waals surface area contributed by atoms with Gasteiger partial charge >= 0.3 is 11.4 Å². The number of rotatable bonds is 7. The minimum absolute atomic E-state index is 0.0301. The van der Waals surface area contributed by atoms with Crippen molar-refractivity contribution in [1.29, 1.82) is 0 Å². The fraction of sp³-hybridized carbons (Fsp3) is 0.111. The smallest absolute Gasteiger partial charge is 0.346 e. The summed E-state index contributed by atoms with van der Waals surface area (Å²) < 4.78 is 10.1. The summed E-state index contributed by atoms with van der Waals surface area (Å²) in [6.45, 7) is 0. The van der Waals surface area contributed by atoms with E-state index >= 15 is 0 Å². The average molecular weight is 429 g/mol. The Hall–Kier alpha value is -4.06. The monoisotopic (exact) mass is 429 g/mol. The SMILES string of the molecule is COc1cc(/C=N/NC(=O)c2cc(-c3cccs3)[nH]c(=O)n2)cc([N+](=O)[O-])c1OC.